The number of amides is 1. The zero-order valence-corrected chi connectivity index (χ0v) is 12.2. The Labute approximate surface area is 129 Å². The Balaban J connectivity index is 1.91. The van der Waals surface area contributed by atoms with Gasteiger partial charge in [0.2, 0.25) is 0 Å². The Morgan fingerprint density at radius 2 is 2.18 bits per heavy atom. The van der Waals surface area contributed by atoms with Gasteiger partial charge in [0.1, 0.15) is 11.5 Å². The molecule has 0 aliphatic rings. The van der Waals surface area contributed by atoms with Crippen LogP contribution >= 0.6 is 11.3 Å². The highest BCUT2D eigenvalue weighted by atomic mass is 32.1. The molecule has 0 spiro atoms. The number of thiazole rings is 1. The summed E-state index contributed by atoms with van der Waals surface area (Å²) in [6.07, 6.45) is 6.05. The van der Waals surface area contributed by atoms with Gasteiger partial charge in [0, 0.05) is 29.5 Å². The largest absolute Gasteiger partial charge is 0.319 e. The molecule has 7 heteroatoms. The lowest BCUT2D eigenvalue weighted by Gasteiger charge is -2.04. The minimum atomic E-state index is -0.474. The first-order valence-electron chi connectivity index (χ1n) is 6.46. The first kappa shape index (κ1) is 14.3. The van der Waals surface area contributed by atoms with E-state index in [1.54, 1.807) is 34.3 Å². The van der Waals surface area contributed by atoms with Crippen LogP contribution in [0, 0.1) is 5.82 Å². The molecule has 0 bridgehead atoms. The van der Waals surface area contributed by atoms with Crippen LogP contribution in [0.15, 0.2) is 59.4 Å². The predicted molar refractivity (Wildman–Crippen MR) is 79.7 cm³/mol. The molecule has 0 N–H and O–H groups in total. The highest BCUT2D eigenvalue weighted by Gasteiger charge is 2.07. The Bertz CT molecular complexity index is 857. The molecule has 0 saturated carbocycles. The molecule has 0 saturated heterocycles. The maximum Gasteiger partial charge on any atom is 0.299 e. The lowest BCUT2D eigenvalue weighted by molar-refractivity contribution is 0.0992. The van der Waals surface area contributed by atoms with Gasteiger partial charge in [-0.2, -0.15) is 4.99 Å². The quantitative estimate of drug-likeness (QED) is 0.745. The highest BCUT2D eigenvalue weighted by molar-refractivity contribution is 7.07. The fourth-order valence-corrected chi connectivity index (χ4v) is 2.60. The summed E-state index contributed by atoms with van der Waals surface area (Å²) in [5, 5.41) is 1.80. The van der Waals surface area contributed by atoms with Crippen molar-refractivity contribution >= 4 is 17.2 Å². The molecule has 3 rings (SSSR count). The molecule has 0 atom stereocenters. The van der Waals surface area contributed by atoms with E-state index in [1.807, 2.05) is 0 Å². The summed E-state index contributed by atoms with van der Waals surface area (Å²) in [5.74, 6) is -0.759. The van der Waals surface area contributed by atoms with Crippen LogP contribution in [0.2, 0.25) is 0 Å². The molecular formula is C15H11FN4OS. The van der Waals surface area contributed by atoms with Crippen LogP contribution in [0.3, 0.4) is 0 Å². The van der Waals surface area contributed by atoms with Gasteiger partial charge in [-0.15, -0.1) is 11.3 Å². The van der Waals surface area contributed by atoms with Gasteiger partial charge < -0.3 is 4.57 Å². The molecular weight excluding hydrogens is 303 g/mol. The smallest absolute Gasteiger partial charge is 0.299 e. The van der Waals surface area contributed by atoms with Gasteiger partial charge in [-0.1, -0.05) is 18.2 Å². The van der Waals surface area contributed by atoms with Crippen molar-refractivity contribution in [2.75, 3.05) is 0 Å². The van der Waals surface area contributed by atoms with E-state index in [2.05, 4.69) is 15.0 Å². The Hall–Kier alpha value is -2.67. The second-order valence-corrected chi connectivity index (χ2v) is 5.29. The van der Waals surface area contributed by atoms with Gasteiger partial charge in [0.05, 0.1) is 12.7 Å². The van der Waals surface area contributed by atoms with Gasteiger partial charge in [-0.05, 0) is 6.07 Å². The van der Waals surface area contributed by atoms with Crippen molar-refractivity contribution in [3.63, 3.8) is 0 Å². The van der Waals surface area contributed by atoms with E-state index in [0.717, 1.165) is 0 Å². The minimum absolute atomic E-state index is 0.174. The summed E-state index contributed by atoms with van der Waals surface area (Å²) >= 11 is 1.30. The molecule has 0 aliphatic carbocycles. The second kappa shape index (κ2) is 6.40. The number of nitrogens with zero attached hydrogens (tertiary/aromatic N) is 4. The van der Waals surface area contributed by atoms with E-state index < -0.39 is 5.91 Å². The van der Waals surface area contributed by atoms with E-state index in [9.17, 15) is 9.18 Å². The maximum atomic E-state index is 13.7. The van der Waals surface area contributed by atoms with E-state index in [-0.39, 0.29) is 11.5 Å². The minimum Gasteiger partial charge on any atom is -0.319 e. The molecule has 1 aromatic carbocycles. The third-order valence-electron chi connectivity index (χ3n) is 2.94. The van der Waals surface area contributed by atoms with Crippen molar-refractivity contribution in [2.45, 2.75) is 6.54 Å². The highest BCUT2D eigenvalue weighted by Crippen LogP contribution is 2.08. The van der Waals surface area contributed by atoms with Crippen LogP contribution in [-0.4, -0.2) is 20.4 Å². The molecule has 1 amide bonds. The Morgan fingerprint density at radius 1 is 1.32 bits per heavy atom. The number of carbonyl (C=O) groups is 1. The normalized spacial score (nSPS) is 11.6. The zero-order valence-electron chi connectivity index (χ0n) is 11.4. The van der Waals surface area contributed by atoms with Gasteiger partial charge in [-0.25, -0.2) is 9.37 Å². The number of halogens is 1. The predicted octanol–water partition coefficient (Wildman–Crippen LogP) is 2.27. The molecule has 2 aromatic heterocycles. The Kier molecular flexibility index (Phi) is 4.15. The van der Waals surface area contributed by atoms with Crippen LogP contribution in [0.25, 0.3) is 0 Å². The SMILES string of the molecule is O=C(N=c1sccn1Cc1ccccc1F)c1cnccn1. The average Bonchev–Trinajstić information content (AvgIpc) is 2.97. The van der Waals surface area contributed by atoms with E-state index in [1.165, 1.54) is 36.0 Å². The second-order valence-electron chi connectivity index (χ2n) is 4.41. The fourth-order valence-electron chi connectivity index (χ4n) is 1.87. The number of rotatable bonds is 3. The number of hydrogen-bond acceptors (Lipinski definition) is 4. The van der Waals surface area contributed by atoms with Crippen LogP contribution in [-0.2, 0) is 6.54 Å². The van der Waals surface area contributed by atoms with E-state index in [4.69, 9.17) is 0 Å². The monoisotopic (exact) mass is 314 g/mol. The van der Waals surface area contributed by atoms with Gasteiger partial charge in [-0.3, -0.25) is 9.78 Å². The molecule has 0 unspecified atom stereocenters. The maximum absolute atomic E-state index is 13.7. The molecule has 2 heterocycles. The van der Waals surface area contributed by atoms with Crippen molar-refractivity contribution in [1.82, 2.24) is 14.5 Å². The lowest BCUT2D eigenvalue weighted by atomic mass is 10.2. The van der Waals surface area contributed by atoms with Gasteiger partial charge >= 0.3 is 0 Å². The summed E-state index contributed by atoms with van der Waals surface area (Å²) in [4.78, 5) is 24.3. The summed E-state index contributed by atoms with van der Waals surface area (Å²) in [7, 11) is 0. The summed E-state index contributed by atoms with van der Waals surface area (Å²) in [6.45, 7) is 0.308. The fraction of sp³-hybridized carbons (Fsp3) is 0.0667. The molecule has 110 valence electrons. The third-order valence-corrected chi connectivity index (χ3v) is 3.73. The number of aromatic nitrogens is 3. The lowest BCUT2D eigenvalue weighted by Crippen LogP contribution is -2.18. The van der Waals surface area contributed by atoms with Crippen LogP contribution < -0.4 is 4.80 Å². The van der Waals surface area contributed by atoms with Crippen LogP contribution in [0.4, 0.5) is 4.39 Å². The first-order valence-corrected chi connectivity index (χ1v) is 7.34. The van der Waals surface area contributed by atoms with Gasteiger partial charge in [0.25, 0.3) is 5.91 Å². The molecule has 0 aliphatic heterocycles. The van der Waals surface area contributed by atoms with Crippen molar-refractivity contribution in [1.29, 1.82) is 0 Å². The van der Waals surface area contributed by atoms with Crippen molar-refractivity contribution < 1.29 is 9.18 Å². The summed E-state index contributed by atoms with van der Waals surface area (Å²) in [6, 6.07) is 6.52. The standard InChI is InChI=1S/C15H11FN4OS/c16-12-4-2-1-3-11(12)10-20-7-8-22-15(20)19-14(21)13-9-17-5-6-18-13/h1-9H,10H2. The van der Waals surface area contributed by atoms with Crippen LogP contribution in [0.5, 0.6) is 0 Å². The number of carbonyl (C=O) groups excluding carboxylic acids is 1. The number of benzene rings is 1. The average molecular weight is 314 g/mol. The third kappa shape index (κ3) is 3.15. The molecule has 5 nitrogen and oxygen atoms in total. The first-order chi connectivity index (χ1) is 10.7. The van der Waals surface area contributed by atoms with Crippen molar-refractivity contribution in [2.24, 2.45) is 4.99 Å². The Morgan fingerprint density at radius 3 is 2.95 bits per heavy atom. The van der Waals surface area contributed by atoms with Crippen molar-refractivity contribution in [3.05, 3.63) is 76.3 Å². The molecule has 3 aromatic rings. The van der Waals surface area contributed by atoms with Crippen LogP contribution in [0.1, 0.15) is 16.1 Å². The topological polar surface area (TPSA) is 60.1 Å². The van der Waals surface area contributed by atoms with Crippen molar-refractivity contribution in [3.8, 4) is 0 Å². The number of hydrogen-bond donors (Lipinski definition) is 0. The molecule has 0 radical (unpaired) electrons. The summed E-state index contributed by atoms with van der Waals surface area (Å²) in [5.41, 5.74) is 0.711. The van der Waals surface area contributed by atoms with Gasteiger partial charge in [0.15, 0.2) is 4.80 Å². The van der Waals surface area contributed by atoms with E-state index in [0.29, 0.717) is 16.9 Å². The summed E-state index contributed by atoms with van der Waals surface area (Å²) < 4.78 is 15.4. The molecule has 0 fully saturated rings. The zero-order chi connectivity index (χ0) is 15.4. The van der Waals surface area contributed by atoms with E-state index >= 15 is 0 Å². The molecule has 22 heavy (non-hydrogen) atoms.